The average Bonchev–Trinajstić information content (AvgIpc) is 2.90. The molecule has 19 heavy (non-hydrogen) atoms. The smallest absolute Gasteiger partial charge is 0.121 e. The topological polar surface area (TPSA) is 49.9 Å². The maximum atomic E-state index is 5.25. The number of nitrogens with one attached hydrogen (secondary N) is 2. The van der Waals surface area contributed by atoms with Crippen LogP contribution in [0.15, 0.2) is 18.2 Å². The molecule has 0 saturated heterocycles. The second-order valence-corrected chi connectivity index (χ2v) is 5.34. The highest BCUT2D eigenvalue weighted by atomic mass is 16.5. The van der Waals surface area contributed by atoms with E-state index in [1.807, 2.05) is 18.2 Å². The average molecular weight is 259 g/mol. The van der Waals surface area contributed by atoms with E-state index in [9.17, 15) is 0 Å². The third-order valence-corrected chi connectivity index (χ3v) is 4.23. The quantitative estimate of drug-likeness (QED) is 0.891. The third kappa shape index (κ3) is 2.45. The third-order valence-electron chi connectivity index (χ3n) is 4.23. The van der Waals surface area contributed by atoms with Gasteiger partial charge >= 0.3 is 0 Å². The van der Waals surface area contributed by atoms with Crippen molar-refractivity contribution < 1.29 is 4.74 Å². The van der Waals surface area contributed by atoms with Crippen molar-refractivity contribution in [2.75, 3.05) is 14.2 Å². The van der Waals surface area contributed by atoms with E-state index in [2.05, 4.69) is 17.3 Å². The predicted octanol–water partition coefficient (Wildman–Crippen LogP) is 2.82. The fraction of sp³-hybridized carbons (Fsp3) is 0.533. The molecule has 1 saturated carbocycles. The Morgan fingerprint density at radius 2 is 2.05 bits per heavy atom. The minimum absolute atomic E-state index is 0.572. The number of methoxy groups -OCH3 is 1. The number of ether oxygens (including phenoxy) is 1. The van der Waals surface area contributed by atoms with Crippen LogP contribution in [0.1, 0.15) is 37.4 Å². The number of H-pyrrole nitrogens is 1. The van der Waals surface area contributed by atoms with E-state index in [0.29, 0.717) is 12.0 Å². The summed E-state index contributed by atoms with van der Waals surface area (Å²) in [6, 6.07) is 6.68. The van der Waals surface area contributed by atoms with E-state index in [4.69, 9.17) is 9.72 Å². The van der Waals surface area contributed by atoms with Crippen LogP contribution in [0.4, 0.5) is 0 Å². The number of imidazole rings is 1. The van der Waals surface area contributed by atoms with Crippen molar-refractivity contribution >= 4 is 11.0 Å². The summed E-state index contributed by atoms with van der Waals surface area (Å²) in [5.41, 5.74) is 2.11. The first-order valence-electron chi connectivity index (χ1n) is 7.01. The van der Waals surface area contributed by atoms with Crippen LogP contribution in [0.25, 0.3) is 11.0 Å². The molecule has 4 heteroatoms. The van der Waals surface area contributed by atoms with Gasteiger partial charge in [-0.2, -0.15) is 0 Å². The molecule has 1 aromatic carbocycles. The van der Waals surface area contributed by atoms with Gasteiger partial charge < -0.3 is 15.0 Å². The Bertz CT molecular complexity index is 556. The SMILES string of the molecule is CNC1CCC(c2nc3ccc(OC)cc3[nH]2)CC1. The Balaban J connectivity index is 1.81. The molecule has 0 amide bonds. The van der Waals surface area contributed by atoms with Crippen molar-refractivity contribution in [3.63, 3.8) is 0 Å². The first-order valence-corrected chi connectivity index (χ1v) is 7.01. The molecule has 1 fully saturated rings. The van der Waals surface area contributed by atoms with Gasteiger partial charge in [0.1, 0.15) is 11.6 Å². The molecular weight excluding hydrogens is 238 g/mol. The van der Waals surface area contributed by atoms with Gasteiger partial charge in [-0.15, -0.1) is 0 Å². The first kappa shape index (κ1) is 12.5. The molecule has 2 N–H and O–H groups in total. The number of aromatic nitrogens is 2. The zero-order valence-electron chi connectivity index (χ0n) is 11.6. The summed E-state index contributed by atoms with van der Waals surface area (Å²) in [7, 11) is 3.75. The van der Waals surface area contributed by atoms with Crippen molar-refractivity contribution in [3.8, 4) is 5.75 Å². The lowest BCUT2D eigenvalue weighted by Gasteiger charge is -2.26. The van der Waals surface area contributed by atoms with Crippen molar-refractivity contribution in [1.82, 2.24) is 15.3 Å². The molecule has 2 aromatic rings. The van der Waals surface area contributed by atoms with Gasteiger partial charge in [-0.3, -0.25) is 0 Å². The monoisotopic (exact) mass is 259 g/mol. The van der Waals surface area contributed by atoms with E-state index in [1.165, 1.54) is 25.7 Å². The summed E-state index contributed by atoms with van der Waals surface area (Å²) in [5.74, 6) is 2.59. The van der Waals surface area contributed by atoms with Crippen LogP contribution in [0.5, 0.6) is 5.75 Å². The Labute approximate surface area is 113 Å². The van der Waals surface area contributed by atoms with Crippen LogP contribution < -0.4 is 10.1 Å². The maximum Gasteiger partial charge on any atom is 0.121 e. The molecule has 0 atom stereocenters. The van der Waals surface area contributed by atoms with Crippen molar-refractivity contribution in [1.29, 1.82) is 0 Å². The van der Waals surface area contributed by atoms with E-state index in [0.717, 1.165) is 22.6 Å². The number of hydrogen-bond acceptors (Lipinski definition) is 3. The molecule has 0 bridgehead atoms. The Morgan fingerprint density at radius 1 is 1.26 bits per heavy atom. The van der Waals surface area contributed by atoms with Crippen LogP contribution in [-0.4, -0.2) is 30.2 Å². The highest BCUT2D eigenvalue weighted by Crippen LogP contribution is 2.32. The van der Waals surface area contributed by atoms with E-state index in [1.54, 1.807) is 7.11 Å². The molecule has 3 rings (SSSR count). The summed E-state index contributed by atoms with van der Waals surface area (Å²) < 4.78 is 5.25. The molecule has 1 aliphatic carbocycles. The fourth-order valence-electron chi connectivity index (χ4n) is 2.98. The Morgan fingerprint density at radius 3 is 2.74 bits per heavy atom. The minimum Gasteiger partial charge on any atom is -0.497 e. The highest BCUT2D eigenvalue weighted by molar-refractivity contribution is 5.76. The molecule has 0 spiro atoms. The lowest BCUT2D eigenvalue weighted by molar-refractivity contribution is 0.352. The standard InChI is InChI=1S/C15H21N3O/c1-16-11-5-3-10(4-6-11)15-17-13-8-7-12(19-2)9-14(13)18-15/h7-11,16H,3-6H2,1-2H3,(H,17,18). The number of aromatic amines is 1. The summed E-state index contributed by atoms with van der Waals surface area (Å²) in [4.78, 5) is 8.19. The molecule has 1 heterocycles. The van der Waals surface area contributed by atoms with Gasteiger partial charge in [0.05, 0.1) is 18.1 Å². The summed E-state index contributed by atoms with van der Waals surface area (Å²) in [6.45, 7) is 0. The molecule has 0 unspecified atom stereocenters. The lowest BCUT2D eigenvalue weighted by Crippen LogP contribution is -2.29. The van der Waals surface area contributed by atoms with Crippen LogP contribution in [0.2, 0.25) is 0 Å². The van der Waals surface area contributed by atoms with Crippen LogP contribution in [-0.2, 0) is 0 Å². The number of nitrogens with zero attached hydrogens (tertiary/aromatic N) is 1. The van der Waals surface area contributed by atoms with E-state index in [-0.39, 0.29) is 0 Å². The maximum absolute atomic E-state index is 5.25. The van der Waals surface area contributed by atoms with Crippen molar-refractivity contribution in [2.45, 2.75) is 37.6 Å². The summed E-state index contributed by atoms with van der Waals surface area (Å²) >= 11 is 0. The Kier molecular flexibility index (Phi) is 3.42. The van der Waals surface area contributed by atoms with Gasteiger partial charge in [0.25, 0.3) is 0 Å². The van der Waals surface area contributed by atoms with E-state index < -0.39 is 0 Å². The normalized spacial score (nSPS) is 23.7. The Hall–Kier alpha value is -1.55. The molecule has 1 aromatic heterocycles. The summed E-state index contributed by atoms with van der Waals surface area (Å²) in [5, 5.41) is 3.37. The minimum atomic E-state index is 0.572. The molecule has 4 nitrogen and oxygen atoms in total. The van der Waals surface area contributed by atoms with Gasteiger partial charge in [0.2, 0.25) is 0 Å². The van der Waals surface area contributed by atoms with Gasteiger partial charge in [0.15, 0.2) is 0 Å². The van der Waals surface area contributed by atoms with Crippen molar-refractivity contribution in [2.24, 2.45) is 0 Å². The second kappa shape index (κ2) is 5.21. The van der Waals surface area contributed by atoms with Gasteiger partial charge in [-0.05, 0) is 44.9 Å². The number of rotatable bonds is 3. The van der Waals surface area contributed by atoms with Crippen LogP contribution in [0.3, 0.4) is 0 Å². The first-order chi connectivity index (χ1) is 9.30. The number of fused-ring (bicyclic) bond motifs is 1. The number of hydrogen-bond donors (Lipinski definition) is 2. The zero-order chi connectivity index (χ0) is 13.2. The van der Waals surface area contributed by atoms with Crippen molar-refractivity contribution in [3.05, 3.63) is 24.0 Å². The molecule has 102 valence electrons. The van der Waals surface area contributed by atoms with Gasteiger partial charge in [-0.25, -0.2) is 4.98 Å². The molecular formula is C15H21N3O. The van der Waals surface area contributed by atoms with E-state index >= 15 is 0 Å². The van der Waals surface area contributed by atoms with Crippen LogP contribution >= 0.6 is 0 Å². The molecule has 1 aliphatic rings. The number of benzene rings is 1. The van der Waals surface area contributed by atoms with Gasteiger partial charge in [-0.1, -0.05) is 0 Å². The predicted molar refractivity (Wildman–Crippen MR) is 76.7 cm³/mol. The summed E-state index contributed by atoms with van der Waals surface area (Å²) in [6.07, 6.45) is 4.90. The van der Waals surface area contributed by atoms with Crippen LogP contribution in [0, 0.1) is 0 Å². The lowest BCUT2D eigenvalue weighted by atomic mass is 9.86. The fourth-order valence-corrected chi connectivity index (χ4v) is 2.98. The zero-order valence-corrected chi connectivity index (χ0v) is 11.6. The second-order valence-electron chi connectivity index (χ2n) is 5.34. The van der Waals surface area contributed by atoms with Gasteiger partial charge in [0, 0.05) is 18.0 Å². The highest BCUT2D eigenvalue weighted by Gasteiger charge is 2.23. The largest absolute Gasteiger partial charge is 0.497 e. The molecule has 0 radical (unpaired) electrons. The molecule has 0 aliphatic heterocycles.